The lowest BCUT2D eigenvalue weighted by atomic mass is 9.80. The average molecular weight is 274 g/mol. The Morgan fingerprint density at radius 3 is 2.30 bits per heavy atom. The van der Waals surface area contributed by atoms with Crippen LogP contribution in [-0.2, 0) is 16.6 Å². The molecule has 1 aromatic rings. The van der Waals surface area contributed by atoms with Crippen LogP contribution >= 0.6 is 0 Å². The molecule has 0 amide bonds. The highest BCUT2D eigenvalue weighted by molar-refractivity contribution is 5.37. The molecule has 1 aliphatic rings. The van der Waals surface area contributed by atoms with E-state index in [-0.39, 0.29) is 5.41 Å². The Morgan fingerprint density at radius 2 is 1.85 bits per heavy atom. The van der Waals surface area contributed by atoms with Gasteiger partial charge in [0.2, 0.25) is 0 Å². The Hall–Kier alpha value is -0.820. The summed E-state index contributed by atoms with van der Waals surface area (Å²) in [7, 11) is 0. The van der Waals surface area contributed by atoms with E-state index in [1.165, 1.54) is 24.0 Å². The van der Waals surface area contributed by atoms with Crippen LogP contribution in [0.5, 0.6) is 0 Å². The van der Waals surface area contributed by atoms with Gasteiger partial charge in [-0.15, -0.1) is 0 Å². The predicted octanol–water partition coefficient (Wildman–Crippen LogP) is 5.22. The lowest BCUT2D eigenvalue weighted by Gasteiger charge is -2.24. The molecular weight excluding hydrogens is 244 g/mol. The van der Waals surface area contributed by atoms with E-state index in [0.717, 1.165) is 6.42 Å². The summed E-state index contributed by atoms with van der Waals surface area (Å²) in [6.45, 7) is 13.6. The van der Waals surface area contributed by atoms with Gasteiger partial charge in [0.05, 0.1) is 12.2 Å². The quantitative estimate of drug-likeness (QED) is 0.671. The smallest absolute Gasteiger partial charge is 0.0844 e. The Balaban J connectivity index is 2.30. The van der Waals surface area contributed by atoms with E-state index < -0.39 is 0 Å². The minimum atomic E-state index is 0.225. The number of hydrogen-bond acceptors (Lipinski definition) is 1. The molecule has 0 aliphatic carbocycles. The van der Waals surface area contributed by atoms with Crippen molar-refractivity contribution in [1.82, 2.24) is 0 Å². The molecule has 3 atom stereocenters. The van der Waals surface area contributed by atoms with Crippen LogP contribution in [0.4, 0.5) is 0 Å². The SMILES string of the molecule is CCc1ccc(C(C)(C)C)cc1C(CC)CC1OC1C. The van der Waals surface area contributed by atoms with Gasteiger partial charge in [-0.3, -0.25) is 0 Å². The van der Waals surface area contributed by atoms with Gasteiger partial charge in [-0.05, 0) is 54.2 Å². The third kappa shape index (κ3) is 3.44. The van der Waals surface area contributed by atoms with Gasteiger partial charge >= 0.3 is 0 Å². The van der Waals surface area contributed by atoms with Crippen molar-refractivity contribution in [3.05, 3.63) is 34.9 Å². The zero-order valence-electron chi connectivity index (χ0n) is 14.0. The molecule has 112 valence electrons. The molecule has 0 spiro atoms. The molecule has 2 rings (SSSR count). The first kappa shape index (κ1) is 15.6. The van der Waals surface area contributed by atoms with E-state index in [0.29, 0.717) is 18.1 Å². The molecule has 1 fully saturated rings. The molecule has 20 heavy (non-hydrogen) atoms. The highest BCUT2D eigenvalue weighted by atomic mass is 16.6. The van der Waals surface area contributed by atoms with Gasteiger partial charge in [0.25, 0.3) is 0 Å². The largest absolute Gasteiger partial charge is 0.370 e. The van der Waals surface area contributed by atoms with E-state index >= 15 is 0 Å². The molecule has 1 nitrogen and oxygen atoms in total. The maximum Gasteiger partial charge on any atom is 0.0844 e. The number of epoxide rings is 1. The third-order valence-electron chi connectivity index (χ3n) is 4.68. The molecule has 1 heterocycles. The Morgan fingerprint density at radius 1 is 1.20 bits per heavy atom. The highest BCUT2D eigenvalue weighted by Crippen LogP contribution is 2.37. The van der Waals surface area contributed by atoms with Crippen molar-refractivity contribution in [2.45, 2.75) is 84.3 Å². The summed E-state index contributed by atoms with van der Waals surface area (Å²) in [5.41, 5.74) is 4.75. The fourth-order valence-corrected chi connectivity index (χ4v) is 3.03. The molecule has 1 heteroatoms. The van der Waals surface area contributed by atoms with Crippen LogP contribution in [-0.4, -0.2) is 12.2 Å². The summed E-state index contributed by atoms with van der Waals surface area (Å²) >= 11 is 0. The molecule has 0 bridgehead atoms. The third-order valence-corrected chi connectivity index (χ3v) is 4.68. The molecule has 1 aromatic carbocycles. The lowest BCUT2D eigenvalue weighted by molar-refractivity contribution is 0.357. The fourth-order valence-electron chi connectivity index (χ4n) is 3.03. The van der Waals surface area contributed by atoms with Crippen molar-refractivity contribution in [2.24, 2.45) is 0 Å². The first-order chi connectivity index (χ1) is 9.36. The second-order valence-electron chi connectivity index (χ2n) is 7.24. The summed E-state index contributed by atoms with van der Waals surface area (Å²) in [6.07, 6.45) is 4.46. The van der Waals surface area contributed by atoms with Gasteiger partial charge in [-0.1, -0.05) is 52.8 Å². The van der Waals surface area contributed by atoms with Gasteiger partial charge in [0.1, 0.15) is 0 Å². The minimum Gasteiger partial charge on any atom is -0.370 e. The second kappa shape index (κ2) is 5.89. The van der Waals surface area contributed by atoms with Crippen molar-refractivity contribution < 1.29 is 4.74 Å². The van der Waals surface area contributed by atoms with E-state index in [2.05, 4.69) is 59.7 Å². The number of aryl methyl sites for hydroxylation is 1. The van der Waals surface area contributed by atoms with Crippen LogP contribution in [0.3, 0.4) is 0 Å². The summed E-state index contributed by atoms with van der Waals surface area (Å²) < 4.78 is 5.64. The van der Waals surface area contributed by atoms with E-state index in [1.807, 2.05) is 0 Å². The van der Waals surface area contributed by atoms with Crippen LogP contribution in [0, 0.1) is 0 Å². The standard InChI is InChI=1S/C19H30O/c1-7-14-9-10-16(19(4,5)6)12-17(14)15(8-2)11-18-13(3)20-18/h9-10,12-13,15,18H,7-8,11H2,1-6H3. The van der Waals surface area contributed by atoms with Crippen LogP contribution in [0.1, 0.15) is 77.0 Å². The molecule has 0 N–H and O–H groups in total. The number of benzene rings is 1. The summed E-state index contributed by atoms with van der Waals surface area (Å²) in [5.74, 6) is 0.641. The molecule has 3 unspecified atom stereocenters. The van der Waals surface area contributed by atoms with Gasteiger partial charge in [0, 0.05) is 0 Å². The highest BCUT2D eigenvalue weighted by Gasteiger charge is 2.36. The van der Waals surface area contributed by atoms with Crippen molar-refractivity contribution in [1.29, 1.82) is 0 Å². The van der Waals surface area contributed by atoms with Crippen LogP contribution in [0.25, 0.3) is 0 Å². The zero-order valence-corrected chi connectivity index (χ0v) is 14.0. The molecule has 1 saturated heterocycles. The summed E-state index contributed by atoms with van der Waals surface area (Å²) in [6, 6.07) is 7.11. The fraction of sp³-hybridized carbons (Fsp3) is 0.684. The van der Waals surface area contributed by atoms with Crippen LogP contribution in [0.15, 0.2) is 18.2 Å². The van der Waals surface area contributed by atoms with E-state index in [1.54, 1.807) is 5.56 Å². The number of rotatable bonds is 5. The van der Waals surface area contributed by atoms with Gasteiger partial charge in [-0.2, -0.15) is 0 Å². The molecule has 0 aromatic heterocycles. The molecule has 0 saturated carbocycles. The average Bonchev–Trinajstić information content (AvgIpc) is 3.09. The van der Waals surface area contributed by atoms with Crippen LogP contribution < -0.4 is 0 Å². The first-order valence-electron chi connectivity index (χ1n) is 8.15. The number of hydrogen-bond donors (Lipinski definition) is 0. The van der Waals surface area contributed by atoms with Gasteiger partial charge < -0.3 is 4.74 Å². The predicted molar refractivity (Wildman–Crippen MR) is 86.5 cm³/mol. The Labute approximate surface area is 124 Å². The lowest BCUT2D eigenvalue weighted by Crippen LogP contribution is -2.14. The molecule has 0 radical (unpaired) electrons. The summed E-state index contributed by atoms with van der Waals surface area (Å²) in [4.78, 5) is 0. The van der Waals surface area contributed by atoms with Crippen molar-refractivity contribution in [3.8, 4) is 0 Å². The first-order valence-corrected chi connectivity index (χ1v) is 8.15. The number of ether oxygens (including phenoxy) is 1. The van der Waals surface area contributed by atoms with Crippen molar-refractivity contribution >= 4 is 0 Å². The minimum absolute atomic E-state index is 0.225. The zero-order chi connectivity index (χ0) is 14.9. The van der Waals surface area contributed by atoms with E-state index in [9.17, 15) is 0 Å². The topological polar surface area (TPSA) is 12.5 Å². The van der Waals surface area contributed by atoms with Crippen molar-refractivity contribution in [2.75, 3.05) is 0 Å². The maximum atomic E-state index is 5.64. The van der Waals surface area contributed by atoms with Crippen molar-refractivity contribution in [3.63, 3.8) is 0 Å². The van der Waals surface area contributed by atoms with Crippen LogP contribution in [0.2, 0.25) is 0 Å². The van der Waals surface area contributed by atoms with E-state index in [4.69, 9.17) is 4.74 Å². The normalized spacial score (nSPS) is 23.7. The molecular formula is C19H30O. The van der Waals surface area contributed by atoms with Gasteiger partial charge in [-0.25, -0.2) is 0 Å². The maximum absolute atomic E-state index is 5.64. The monoisotopic (exact) mass is 274 g/mol. The summed E-state index contributed by atoms with van der Waals surface area (Å²) in [5, 5.41) is 0. The molecule has 1 aliphatic heterocycles. The second-order valence-corrected chi connectivity index (χ2v) is 7.24. The Kier molecular flexibility index (Phi) is 4.59. The van der Waals surface area contributed by atoms with Gasteiger partial charge in [0.15, 0.2) is 0 Å². The Bertz CT molecular complexity index is 455.